The molecule has 1 aliphatic heterocycles. The smallest absolute Gasteiger partial charge is 0.363 e. The number of piperidine rings is 1. The summed E-state index contributed by atoms with van der Waals surface area (Å²) in [5.41, 5.74) is -5.53. The van der Waals surface area contributed by atoms with E-state index < -0.39 is 36.0 Å². The van der Waals surface area contributed by atoms with Gasteiger partial charge in [0.1, 0.15) is 5.82 Å². The van der Waals surface area contributed by atoms with Crippen molar-refractivity contribution in [3.8, 4) is 0 Å². The molecule has 2 aliphatic rings. The number of aromatic nitrogens is 3. The number of halogens is 6. The number of H-pyrrole nitrogens is 1. The molecule has 14 heteroatoms. The normalized spacial score (nSPS) is 17.9. The number of nitrogens with one attached hydrogen (secondary N) is 3. The minimum atomic E-state index is -5.79. The lowest BCUT2D eigenvalue weighted by atomic mass is 9.91. The number of pyridine rings is 1. The molecule has 1 atom stereocenters. The van der Waals surface area contributed by atoms with Crippen molar-refractivity contribution in [2.75, 3.05) is 36.9 Å². The van der Waals surface area contributed by atoms with Crippen LogP contribution in [0.15, 0.2) is 48.8 Å². The first-order chi connectivity index (χ1) is 20.5. The molecule has 1 amide bonds. The number of alkyl halides is 6. The van der Waals surface area contributed by atoms with E-state index in [1.54, 1.807) is 11.1 Å². The van der Waals surface area contributed by atoms with Crippen molar-refractivity contribution in [2.45, 2.75) is 49.7 Å². The highest BCUT2D eigenvalue weighted by Crippen LogP contribution is 2.53. The third-order valence-corrected chi connectivity index (χ3v) is 7.56. The molecule has 3 aromatic rings. The number of rotatable bonds is 9. The van der Waals surface area contributed by atoms with Gasteiger partial charge in [-0.3, -0.25) is 9.89 Å². The zero-order valence-electron chi connectivity index (χ0n) is 22.9. The predicted molar refractivity (Wildman–Crippen MR) is 147 cm³/mol. The highest BCUT2D eigenvalue weighted by Gasteiger charge is 2.73. The van der Waals surface area contributed by atoms with E-state index in [1.165, 1.54) is 18.3 Å². The lowest BCUT2D eigenvalue weighted by molar-refractivity contribution is -0.389. The Hall–Kier alpha value is -3.91. The fraction of sp³-hybridized carbons (Fsp3) is 0.414. The number of hydrogen-bond donors (Lipinski definition) is 3. The summed E-state index contributed by atoms with van der Waals surface area (Å²) in [5, 5.41) is 14.3. The maximum atomic E-state index is 14.2. The largest absolute Gasteiger partial charge is 0.430 e. The molecule has 3 heterocycles. The minimum Gasteiger partial charge on any atom is -0.363 e. The summed E-state index contributed by atoms with van der Waals surface area (Å²) in [7, 11) is 0. The van der Waals surface area contributed by atoms with E-state index in [4.69, 9.17) is 4.74 Å². The number of nitrogens with zero attached hydrogens (tertiary/aromatic N) is 3. The average molecular weight is 609 g/mol. The number of ether oxygens (including phenoxy) is 1. The molecule has 1 aromatic carbocycles. The Labute approximate surface area is 242 Å². The van der Waals surface area contributed by atoms with Crippen molar-refractivity contribution in [2.24, 2.45) is 0 Å². The maximum absolute atomic E-state index is 14.2. The van der Waals surface area contributed by atoms with Gasteiger partial charge in [0.25, 0.3) is 11.5 Å². The van der Waals surface area contributed by atoms with Crippen molar-refractivity contribution >= 4 is 29.6 Å². The van der Waals surface area contributed by atoms with Crippen LogP contribution in [0, 0.1) is 0 Å². The molecular formula is C29H30F6N6O2. The molecule has 0 radical (unpaired) electrons. The zero-order valence-corrected chi connectivity index (χ0v) is 22.9. The minimum absolute atomic E-state index is 0.00483. The fourth-order valence-corrected chi connectivity index (χ4v) is 5.34. The summed E-state index contributed by atoms with van der Waals surface area (Å²) in [4.78, 5) is 19.1. The number of likely N-dealkylation sites (tertiary alicyclic amines) is 1. The number of carbonyl (C=O) groups is 1. The Morgan fingerprint density at radius 3 is 2.44 bits per heavy atom. The summed E-state index contributed by atoms with van der Waals surface area (Å²) in [6, 6.07) is 6.16. The monoisotopic (exact) mass is 608 g/mol. The van der Waals surface area contributed by atoms with Crippen LogP contribution >= 0.6 is 0 Å². The third-order valence-electron chi connectivity index (χ3n) is 7.56. The Morgan fingerprint density at radius 1 is 1.02 bits per heavy atom. The quantitative estimate of drug-likeness (QED) is 0.314. The molecule has 1 fully saturated rings. The van der Waals surface area contributed by atoms with Crippen LogP contribution in [0.3, 0.4) is 0 Å². The van der Waals surface area contributed by atoms with E-state index in [2.05, 4.69) is 25.8 Å². The van der Waals surface area contributed by atoms with Crippen LogP contribution in [0.25, 0.3) is 12.2 Å². The molecule has 43 heavy (non-hydrogen) atoms. The molecule has 3 N–H and O–H groups in total. The Kier molecular flexibility index (Phi) is 8.79. The number of anilines is 2. The van der Waals surface area contributed by atoms with Crippen molar-refractivity contribution < 1.29 is 35.9 Å². The summed E-state index contributed by atoms with van der Waals surface area (Å²) in [5.74, 6) is -0.398. The van der Waals surface area contributed by atoms with Gasteiger partial charge in [0.2, 0.25) is 0 Å². The molecular weight excluding hydrogens is 578 g/mol. The molecule has 1 saturated heterocycles. The maximum Gasteiger partial charge on any atom is 0.430 e. The molecule has 230 valence electrons. The predicted octanol–water partition coefficient (Wildman–Crippen LogP) is 4.32. The molecule has 2 aromatic heterocycles. The lowest BCUT2D eigenvalue weighted by Crippen LogP contribution is -2.56. The highest BCUT2D eigenvalue weighted by atomic mass is 19.4. The lowest BCUT2D eigenvalue weighted by Gasteiger charge is -2.38. The van der Waals surface area contributed by atoms with Gasteiger partial charge in [0.15, 0.2) is 0 Å². The Balaban J connectivity index is 1.32. The fourth-order valence-electron chi connectivity index (χ4n) is 5.34. The van der Waals surface area contributed by atoms with Crippen LogP contribution in [-0.4, -0.2) is 70.6 Å². The summed E-state index contributed by atoms with van der Waals surface area (Å²) < 4.78 is 90.0. The number of benzene rings is 1. The second kappa shape index (κ2) is 12.4. The molecule has 0 saturated carbocycles. The van der Waals surface area contributed by atoms with Gasteiger partial charge in [-0.15, -0.1) is 0 Å². The molecule has 8 nitrogen and oxygen atoms in total. The van der Waals surface area contributed by atoms with Gasteiger partial charge >= 0.3 is 12.4 Å². The number of aromatic amines is 1. The van der Waals surface area contributed by atoms with E-state index in [1.807, 2.05) is 12.2 Å². The molecule has 5 rings (SSSR count). The second-order valence-corrected chi connectivity index (χ2v) is 10.5. The molecule has 0 bridgehead atoms. The average Bonchev–Trinajstić information content (AvgIpc) is 3.43. The molecule has 1 aliphatic carbocycles. The Morgan fingerprint density at radius 2 is 1.74 bits per heavy atom. The van der Waals surface area contributed by atoms with Crippen LogP contribution in [0.2, 0.25) is 0 Å². The second-order valence-electron chi connectivity index (χ2n) is 10.5. The first-order valence-electron chi connectivity index (χ1n) is 13.8. The molecule has 1 unspecified atom stereocenters. The van der Waals surface area contributed by atoms with E-state index in [9.17, 15) is 31.1 Å². The van der Waals surface area contributed by atoms with Crippen LogP contribution in [0.4, 0.5) is 37.8 Å². The SMILES string of the molecule is O=C(Nc1ccc(C(OCCN2CCCCC2)(C(F)(F)F)C(F)(F)F)cc1)c1cccnc1NC1C=c2[nH]ncc2=CC1. The van der Waals surface area contributed by atoms with Gasteiger partial charge in [-0.2, -0.15) is 31.4 Å². The number of amides is 1. The van der Waals surface area contributed by atoms with Crippen LogP contribution in [0.5, 0.6) is 0 Å². The zero-order chi connectivity index (χ0) is 30.7. The van der Waals surface area contributed by atoms with Gasteiger partial charge in [-0.1, -0.05) is 24.6 Å². The van der Waals surface area contributed by atoms with E-state index in [0.717, 1.165) is 42.0 Å². The standard InChI is InChI=1S/C29H30F6N6O2/c30-28(31,32)27(29(33,34)35,43-16-15-41-13-2-1-3-14-41)20-7-10-21(11-8-20)39-26(42)23-5-4-12-36-25(23)38-22-9-6-19-18-37-40-24(19)17-22/h4-8,10-12,17-18,22,40H,1-3,9,13-16H2,(H,36,38)(H,39,42). The summed E-state index contributed by atoms with van der Waals surface area (Å²) >= 11 is 0. The van der Waals surface area contributed by atoms with Crippen molar-refractivity contribution in [1.82, 2.24) is 20.1 Å². The van der Waals surface area contributed by atoms with Crippen molar-refractivity contribution in [1.29, 1.82) is 0 Å². The first kappa shape index (κ1) is 30.5. The van der Waals surface area contributed by atoms with Crippen LogP contribution in [0.1, 0.15) is 41.6 Å². The molecule has 0 spiro atoms. The summed E-state index contributed by atoms with van der Waals surface area (Å²) in [6.07, 6.45) is -1.29. The third kappa shape index (κ3) is 6.54. The number of hydrogen-bond acceptors (Lipinski definition) is 6. The van der Waals surface area contributed by atoms with Gasteiger partial charge in [0, 0.05) is 29.2 Å². The van der Waals surface area contributed by atoms with Gasteiger partial charge < -0.3 is 20.3 Å². The van der Waals surface area contributed by atoms with E-state index in [-0.39, 0.29) is 29.7 Å². The van der Waals surface area contributed by atoms with Gasteiger partial charge in [-0.05, 0) is 62.7 Å². The number of fused-ring (bicyclic) bond motifs is 1. The van der Waals surface area contributed by atoms with E-state index >= 15 is 0 Å². The van der Waals surface area contributed by atoms with Crippen LogP contribution in [-0.2, 0) is 10.3 Å². The Bertz CT molecular complexity index is 1520. The van der Waals surface area contributed by atoms with Gasteiger partial charge in [-0.25, -0.2) is 4.98 Å². The highest BCUT2D eigenvalue weighted by molar-refractivity contribution is 6.07. The van der Waals surface area contributed by atoms with Gasteiger partial charge in [0.05, 0.1) is 29.8 Å². The van der Waals surface area contributed by atoms with Crippen LogP contribution < -0.4 is 21.2 Å². The van der Waals surface area contributed by atoms with E-state index in [0.29, 0.717) is 31.6 Å². The van der Waals surface area contributed by atoms with Crippen molar-refractivity contribution in [3.63, 3.8) is 0 Å². The van der Waals surface area contributed by atoms with Crippen molar-refractivity contribution in [3.05, 3.63) is 70.5 Å². The summed E-state index contributed by atoms with van der Waals surface area (Å²) in [6.45, 7) is 0.383. The number of carbonyl (C=O) groups excluding carboxylic acids is 1. The first-order valence-corrected chi connectivity index (χ1v) is 13.8. The topological polar surface area (TPSA) is 95.2 Å².